The van der Waals surface area contributed by atoms with Crippen LogP contribution >= 0.6 is 0 Å². The summed E-state index contributed by atoms with van der Waals surface area (Å²) in [4.78, 5) is 47.3. The predicted molar refractivity (Wildman–Crippen MR) is 129 cm³/mol. The second-order valence-electron chi connectivity index (χ2n) is 8.10. The third-order valence-electron chi connectivity index (χ3n) is 4.74. The van der Waals surface area contributed by atoms with Gasteiger partial charge in [-0.1, -0.05) is 50.2 Å². The minimum atomic E-state index is -1.18. The van der Waals surface area contributed by atoms with Gasteiger partial charge in [0.2, 0.25) is 11.8 Å². The van der Waals surface area contributed by atoms with Gasteiger partial charge in [-0.3, -0.25) is 14.4 Å². The maximum absolute atomic E-state index is 12.8. The highest BCUT2D eigenvalue weighted by Gasteiger charge is 2.24. The van der Waals surface area contributed by atoms with E-state index in [9.17, 15) is 19.2 Å². The lowest BCUT2D eigenvalue weighted by Gasteiger charge is -2.22. The van der Waals surface area contributed by atoms with Gasteiger partial charge in [-0.2, -0.15) is 5.10 Å². The highest BCUT2D eigenvalue weighted by Crippen LogP contribution is 2.22. The summed E-state index contributed by atoms with van der Waals surface area (Å²) in [5.41, 5.74) is 7.66. The first-order chi connectivity index (χ1) is 16.2. The van der Waals surface area contributed by atoms with Crippen molar-refractivity contribution in [2.24, 2.45) is 16.8 Å². The van der Waals surface area contributed by atoms with Crippen LogP contribution in [0.2, 0.25) is 0 Å². The molecule has 0 aliphatic rings. The topological polar surface area (TPSA) is 175 Å². The number of hydrogen-bond donors (Lipinski definition) is 6. The number of nitrogens with zero attached hydrogens (tertiary/aromatic N) is 1. The van der Waals surface area contributed by atoms with Crippen molar-refractivity contribution in [2.75, 3.05) is 11.9 Å². The van der Waals surface area contributed by atoms with Crippen LogP contribution in [0.4, 0.5) is 10.5 Å². The average Bonchev–Trinajstić information content (AvgIpc) is 2.76. The molecule has 7 N–H and O–H groups in total. The Labute approximate surface area is 197 Å². The number of aliphatic carboxylic acids is 1. The molecule has 0 aliphatic heterocycles. The van der Waals surface area contributed by atoms with E-state index in [1.165, 1.54) is 0 Å². The fraction of sp³-hybridized carbons (Fsp3) is 0.348. The lowest BCUT2D eigenvalue weighted by Crippen LogP contribution is -2.52. The monoisotopic (exact) mass is 470 g/mol. The summed E-state index contributed by atoms with van der Waals surface area (Å²) >= 11 is 0. The maximum atomic E-state index is 12.8. The number of carbonyl (C=O) groups excluding carboxylic acids is 3. The zero-order valence-electron chi connectivity index (χ0n) is 19.1. The van der Waals surface area contributed by atoms with Crippen molar-refractivity contribution in [3.8, 4) is 0 Å². The standard InChI is InChI=1S/C23H30N6O5/c1-14(2)10-19(22(33)27-16(11-21(31)32)12-26-29-23(24)34)28-20(30)13-25-18-9-5-7-15-6-3-4-8-17(15)18/h3-9,12,14,16,19,25H,10-11,13H2,1-2H3,(H,27,33)(H,28,30)(H,31,32)(H3,24,29,34)/t16-,19-/m0/s1. The van der Waals surface area contributed by atoms with Crippen LogP contribution in [0.1, 0.15) is 26.7 Å². The molecule has 11 nitrogen and oxygen atoms in total. The Morgan fingerprint density at radius 2 is 1.76 bits per heavy atom. The van der Waals surface area contributed by atoms with Gasteiger partial charge in [0, 0.05) is 17.3 Å². The number of carboxylic acid groups (broad SMARTS) is 1. The Balaban J connectivity index is 2.04. The number of rotatable bonds is 12. The third-order valence-corrected chi connectivity index (χ3v) is 4.74. The Hall–Kier alpha value is -4.15. The first kappa shape index (κ1) is 26.1. The first-order valence-electron chi connectivity index (χ1n) is 10.8. The lowest BCUT2D eigenvalue weighted by atomic mass is 10.0. The smallest absolute Gasteiger partial charge is 0.332 e. The van der Waals surface area contributed by atoms with E-state index in [0.717, 1.165) is 22.7 Å². The molecule has 0 saturated heterocycles. The van der Waals surface area contributed by atoms with Gasteiger partial charge in [-0.15, -0.1) is 0 Å². The van der Waals surface area contributed by atoms with Crippen LogP contribution < -0.4 is 27.1 Å². The van der Waals surface area contributed by atoms with Crippen molar-refractivity contribution >= 4 is 46.5 Å². The average molecular weight is 471 g/mol. The van der Waals surface area contributed by atoms with Crippen LogP contribution in [0.25, 0.3) is 10.8 Å². The molecule has 0 fully saturated rings. The second kappa shape index (κ2) is 12.8. The minimum absolute atomic E-state index is 0.0571. The Kier molecular flexibility index (Phi) is 9.81. The van der Waals surface area contributed by atoms with Crippen LogP contribution in [0.5, 0.6) is 0 Å². The SMILES string of the molecule is CC(C)C[C@H](NC(=O)CNc1cccc2ccccc12)C(=O)N[C@H](C=NNC(N)=O)CC(=O)O. The number of nitrogens with one attached hydrogen (secondary N) is 4. The molecule has 0 aliphatic carbocycles. The molecule has 2 atom stereocenters. The van der Waals surface area contributed by atoms with Gasteiger partial charge in [0.1, 0.15) is 6.04 Å². The number of benzene rings is 2. The number of carboxylic acids is 1. The van der Waals surface area contributed by atoms with E-state index in [0.29, 0.717) is 6.42 Å². The van der Waals surface area contributed by atoms with Gasteiger partial charge >= 0.3 is 12.0 Å². The number of primary amides is 1. The summed E-state index contributed by atoms with van der Waals surface area (Å²) in [6.45, 7) is 3.74. The van der Waals surface area contributed by atoms with E-state index >= 15 is 0 Å². The molecule has 2 aromatic rings. The van der Waals surface area contributed by atoms with Crippen molar-refractivity contribution in [1.82, 2.24) is 16.1 Å². The Bertz CT molecular complexity index is 1050. The summed E-state index contributed by atoms with van der Waals surface area (Å²) in [7, 11) is 0. The second-order valence-corrected chi connectivity index (χ2v) is 8.10. The van der Waals surface area contributed by atoms with Gasteiger partial charge in [-0.25, -0.2) is 10.2 Å². The zero-order valence-corrected chi connectivity index (χ0v) is 19.1. The molecule has 2 rings (SSSR count). The van der Waals surface area contributed by atoms with Crippen LogP contribution in [0.3, 0.4) is 0 Å². The number of hydrazone groups is 1. The third kappa shape index (κ3) is 8.77. The molecule has 0 radical (unpaired) electrons. The molecule has 0 saturated carbocycles. The molecular weight excluding hydrogens is 440 g/mol. The number of nitrogens with two attached hydrogens (primary N) is 1. The number of anilines is 1. The van der Waals surface area contributed by atoms with Crippen LogP contribution in [-0.2, 0) is 14.4 Å². The van der Waals surface area contributed by atoms with E-state index < -0.39 is 42.3 Å². The van der Waals surface area contributed by atoms with Crippen LogP contribution in [-0.4, -0.2) is 53.8 Å². The number of hydrogen-bond acceptors (Lipinski definition) is 6. The first-order valence-corrected chi connectivity index (χ1v) is 10.8. The van der Waals surface area contributed by atoms with E-state index in [2.05, 4.69) is 21.1 Å². The lowest BCUT2D eigenvalue weighted by molar-refractivity contribution is -0.137. The molecule has 2 aromatic carbocycles. The number of carbonyl (C=O) groups is 4. The largest absolute Gasteiger partial charge is 0.481 e. The summed E-state index contributed by atoms with van der Waals surface area (Å²) in [6.07, 6.45) is 0.927. The van der Waals surface area contributed by atoms with Gasteiger partial charge in [0.25, 0.3) is 0 Å². The molecule has 0 spiro atoms. The summed E-state index contributed by atoms with van der Waals surface area (Å²) < 4.78 is 0. The molecule has 182 valence electrons. The van der Waals surface area contributed by atoms with Crippen LogP contribution in [0, 0.1) is 5.92 Å². The maximum Gasteiger partial charge on any atom is 0.332 e. The van der Waals surface area contributed by atoms with E-state index in [4.69, 9.17) is 10.8 Å². The zero-order chi connectivity index (χ0) is 25.1. The number of urea groups is 1. The van der Waals surface area contributed by atoms with Gasteiger partial charge in [0.05, 0.1) is 19.0 Å². The van der Waals surface area contributed by atoms with Crippen LogP contribution in [0.15, 0.2) is 47.6 Å². The predicted octanol–water partition coefficient (Wildman–Crippen LogP) is 1.40. The summed E-state index contributed by atoms with van der Waals surface area (Å²) in [6, 6.07) is 10.6. The normalized spacial score (nSPS) is 12.8. The van der Waals surface area contributed by atoms with E-state index in [-0.39, 0.29) is 12.5 Å². The minimum Gasteiger partial charge on any atom is -0.481 e. The molecular formula is C23H30N6O5. The number of amides is 4. The highest BCUT2D eigenvalue weighted by molar-refractivity contribution is 5.96. The van der Waals surface area contributed by atoms with Gasteiger partial charge in [-0.05, 0) is 23.8 Å². The molecule has 34 heavy (non-hydrogen) atoms. The van der Waals surface area contributed by atoms with Crippen molar-refractivity contribution in [2.45, 2.75) is 38.8 Å². The fourth-order valence-corrected chi connectivity index (χ4v) is 3.31. The summed E-state index contributed by atoms with van der Waals surface area (Å²) in [5.74, 6) is -2.07. The Morgan fingerprint density at radius 1 is 1.06 bits per heavy atom. The fourth-order valence-electron chi connectivity index (χ4n) is 3.31. The molecule has 0 heterocycles. The molecule has 0 unspecified atom stereocenters. The van der Waals surface area contributed by atoms with Crippen molar-refractivity contribution in [1.29, 1.82) is 0 Å². The summed E-state index contributed by atoms with van der Waals surface area (Å²) in [5, 5.41) is 22.9. The molecule has 11 heteroatoms. The molecule has 0 aromatic heterocycles. The van der Waals surface area contributed by atoms with Gasteiger partial charge < -0.3 is 26.8 Å². The van der Waals surface area contributed by atoms with Crippen molar-refractivity contribution in [3.63, 3.8) is 0 Å². The molecule has 4 amide bonds. The number of fused-ring (bicyclic) bond motifs is 1. The van der Waals surface area contributed by atoms with Gasteiger partial charge in [0.15, 0.2) is 0 Å². The highest BCUT2D eigenvalue weighted by atomic mass is 16.4. The van der Waals surface area contributed by atoms with E-state index in [1.54, 1.807) is 0 Å². The van der Waals surface area contributed by atoms with Crippen molar-refractivity contribution < 1.29 is 24.3 Å². The van der Waals surface area contributed by atoms with Crippen molar-refractivity contribution in [3.05, 3.63) is 42.5 Å². The quantitative estimate of drug-likeness (QED) is 0.202. The molecule has 0 bridgehead atoms. The Morgan fingerprint density at radius 3 is 2.44 bits per heavy atom. The van der Waals surface area contributed by atoms with E-state index in [1.807, 2.05) is 61.7 Å².